The fraction of sp³-hybridized carbons (Fsp3) is 0.333. The van der Waals surface area contributed by atoms with Crippen molar-refractivity contribution in [2.24, 2.45) is 16.8 Å². The fourth-order valence-electron chi connectivity index (χ4n) is 2.09. The van der Waals surface area contributed by atoms with Crippen LogP contribution >= 0.6 is 0 Å². The maximum absolute atomic E-state index is 11.8. The van der Waals surface area contributed by atoms with Gasteiger partial charge in [-0.1, -0.05) is 0 Å². The second-order valence-corrected chi connectivity index (χ2v) is 3.98. The van der Waals surface area contributed by atoms with Crippen LogP contribution in [-0.4, -0.2) is 38.3 Å². The predicted molar refractivity (Wildman–Crippen MR) is 63.8 cm³/mol. The van der Waals surface area contributed by atoms with Gasteiger partial charge in [0, 0.05) is 24.5 Å². The van der Waals surface area contributed by atoms with Gasteiger partial charge >= 0.3 is 11.9 Å². The van der Waals surface area contributed by atoms with Gasteiger partial charge in [0.2, 0.25) is 5.91 Å². The number of amides is 1. The molecule has 1 amide bonds. The Balaban J connectivity index is 2.46. The Morgan fingerprint density at radius 2 is 1.84 bits per heavy atom. The first-order valence-electron chi connectivity index (χ1n) is 5.50. The van der Waals surface area contributed by atoms with Gasteiger partial charge in [0.05, 0.1) is 31.3 Å². The van der Waals surface area contributed by atoms with Crippen molar-refractivity contribution in [1.82, 2.24) is 5.32 Å². The summed E-state index contributed by atoms with van der Waals surface area (Å²) in [4.78, 5) is 39.0. The van der Waals surface area contributed by atoms with Gasteiger partial charge in [-0.2, -0.15) is 0 Å². The second kappa shape index (κ2) is 5.05. The zero-order valence-electron chi connectivity index (χ0n) is 10.4. The summed E-state index contributed by atoms with van der Waals surface area (Å²) in [5, 5.41) is 2.45. The summed E-state index contributed by atoms with van der Waals surface area (Å²) in [6.45, 7) is 0. The van der Waals surface area contributed by atoms with Gasteiger partial charge < -0.3 is 14.8 Å². The van der Waals surface area contributed by atoms with Crippen LogP contribution in [-0.2, 0) is 23.9 Å². The molecule has 1 N–H and O–H groups in total. The molecule has 0 saturated carbocycles. The minimum absolute atomic E-state index is 0.154. The highest BCUT2D eigenvalue weighted by atomic mass is 16.5. The van der Waals surface area contributed by atoms with E-state index in [-0.39, 0.29) is 17.1 Å². The quantitative estimate of drug-likeness (QED) is 0.681. The van der Waals surface area contributed by atoms with Crippen molar-refractivity contribution in [3.63, 3.8) is 0 Å². The fourth-order valence-corrected chi connectivity index (χ4v) is 2.09. The first-order chi connectivity index (χ1) is 9.10. The smallest absolute Gasteiger partial charge is 0.335 e. The number of ether oxygens (including phenoxy) is 2. The standard InChI is InChI=1S/C12H12N2O5/c1-18-11(16)7-4-13-3-6-9(7)8(12(17)19-2)5-14-10(6)15/h3-6,9H,1-2H3,(H,14,15). The minimum Gasteiger partial charge on any atom is -0.466 e. The van der Waals surface area contributed by atoms with Crippen LogP contribution in [0.1, 0.15) is 0 Å². The van der Waals surface area contributed by atoms with E-state index in [1.165, 1.54) is 32.8 Å². The van der Waals surface area contributed by atoms with E-state index in [1.54, 1.807) is 0 Å². The van der Waals surface area contributed by atoms with Gasteiger partial charge in [-0.15, -0.1) is 0 Å². The van der Waals surface area contributed by atoms with Crippen LogP contribution in [0.2, 0.25) is 0 Å². The molecule has 2 aliphatic heterocycles. The molecule has 0 aromatic rings. The predicted octanol–water partition coefficient (Wildman–Crippen LogP) is -0.453. The number of hydrogen-bond donors (Lipinski definition) is 1. The lowest BCUT2D eigenvalue weighted by molar-refractivity contribution is -0.138. The van der Waals surface area contributed by atoms with E-state index >= 15 is 0 Å². The molecular formula is C12H12N2O5. The van der Waals surface area contributed by atoms with E-state index in [4.69, 9.17) is 0 Å². The maximum Gasteiger partial charge on any atom is 0.335 e. The molecule has 0 spiro atoms. The van der Waals surface area contributed by atoms with Gasteiger partial charge in [-0.05, 0) is 0 Å². The molecule has 0 fully saturated rings. The Morgan fingerprint density at radius 3 is 2.47 bits per heavy atom. The van der Waals surface area contributed by atoms with Crippen LogP contribution in [0.5, 0.6) is 0 Å². The van der Waals surface area contributed by atoms with Crippen molar-refractivity contribution in [2.75, 3.05) is 14.2 Å². The molecule has 2 unspecified atom stereocenters. The Morgan fingerprint density at radius 1 is 1.21 bits per heavy atom. The highest BCUT2D eigenvalue weighted by Gasteiger charge is 2.42. The molecule has 0 aliphatic carbocycles. The molecule has 7 heteroatoms. The second-order valence-electron chi connectivity index (χ2n) is 3.98. The van der Waals surface area contributed by atoms with Crippen LogP contribution < -0.4 is 5.32 Å². The number of nitrogens with one attached hydrogen (secondary N) is 1. The lowest BCUT2D eigenvalue weighted by Gasteiger charge is -2.30. The van der Waals surface area contributed by atoms with E-state index < -0.39 is 23.8 Å². The van der Waals surface area contributed by atoms with Crippen molar-refractivity contribution in [2.45, 2.75) is 0 Å². The monoisotopic (exact) mass is 264 g/mol. The zero-order chi connectivity index (χ0) is 14.0. The molecule has 19 heavy (non-hydrogen) atoms. The molecule has 0 saturated heterocycles. The molecule has 0 radical (unpaired) electrons. The molecule has 7 nitrogen and oxygen atoms in total. The van der Waals surface area contributed by atoms with Crippen LogP contribution in [0, 0.1) is 11.8 Å². The van der Waals surface area contributed by atoms with E-state index in [9.17, 15) is 14.4 Å². The number of carbonyl (C=O) groups is 3. The molecule has 0 aromatic heterocycles. The number of fused-ring (bicyclic) bond motifs is 1. The number of nitrogens with zero attached hydrogens (tertiary/aromatic N) is 1. The molecular weight excluding hydrogens is 252 g/mol. The Hall–Kier alpha value is -2.44. The first kappa shape index (κ1) is 13.0. The van der Waals surface area contributed by atoms with Gasteiger partial charge in [-0.25, -0.2) is 9.59 Å². The van der Waals surface area contributed by atoms with Crippen LogP contribution in [0.25, 0.3) is 0 Å². The molecule has 0 aromatic carbocycles. The molecule has 2 heterocycles. The van der Waals surface area contributed by atoms with Gasteiger partial charge in [0.1, 0.15) is 0 Å². The van der Waals surface area contributed by atoms with Crippen molar-refractivity contribution < 1.29 is 23.9 Å². The Bertz CT molecular complexity index is 532. The molecule has 100 valence electrons. The highest BCUT2D eigenvalue weighted by molar-refractivity contribution is 6.05. The summed E-state index contributed by atoms with van der Waals surface area (Å²) in [5.41, 5.74) is 0.344. The van der Waals surface area contributed by atoms with Crippen molar-refractivity contribution in [3.05, 3.63) is 23.5 Å². The number of aliphatic imine (C=N–C) groups is 1. The number of carbonyl (C=O) groups excluding carboxylic acids is 3. The van der Waals surface area contributed by atoms with Crippen molar-refractivity contribution in [3.8, 4) is 0 Å². The lowest BCUT2D eigenvalue weighted by atomic mass is 9.77. The normalized spacial score (nSPS) is 24.6. The number of methoxy groups -OCH3 is 2. The Kier molecular flexibility index (Phi) is 3.46. The third-order valence-electron chi connectivity index (χ3n) is 3.00. The first-order valence-corrected chi connectivity index (χ1v) is 5.50. The van der Waals surface area contributed by atoms with Gasteiger partial charge in [0.25, 0.3) is 0 Å². The topological polar surface area (TPSA) is 94.1 Å². The average molecular weight is 264 g/mol. The molecule has 2 rings (SSSR count). The lowest BCUT2D eigenvalue weighted by Crippen LogP contribution is -2.44. The number of rotatable bonds is 2. The third kappa shape index (κ3) is 2.14. The van der Waals surface area contributed by atoms with E-state index in [2.05, 4.69) is 19.8 Å². The van der Waals surface area contributed by atoms with Crippen LogP contribution in [0.3, 0.4) is 0 Å². The summed E-state index contributed by atoms with van der Waals surface area (Å²) in [6, 6.07) is 0. The average Bonchev–Trinajstić information content (AvgIpc) is 2.45. The van der Waals surface area contributed by atoms with Crippen molar-refractivity contribution >= 4 is 24.1 Å². The maximum atomic E-state index is 11.8. The summed E-state index contributed by atoms with van der Waals surface area (Å²) in [6.07, 6.45) is 3.94. The largest absolute Gasteiger partial charge is 0.466 e. The van der Waals surface area contributed by atoms with Gasteiger partial charge in [-0.3, -0.25) is 9.79 Å². The Labute approximate surface area is 109 Å². The van der Waals surface area contributed by atoms with Crippen LogP contribution in [0.15, 0.2) is 28.5 Å². The highest BCUT2D eigenvalue weighted by Crippen LogP contribution is 2.34. The summed E-state index contributed by atoms with van der Waals surface area (Å²) in [7, 11) is 2.45. The number of esters is 2. The molecule has 0 bridgehead atoms. The zero-order valence-corrected chi connectivity index (χ0v) is 10.4. The van der Waals surface area contributed by atoms with Gasteiger partial charge in [0.15, 0.2) is 0 Å². The van der Waals surface area contributed by atoms with E-state index in [0.717, 1.165) is 0 Å². The summed E-state index contributed by atoms with van der Waals surface area (Å²) >= 11 is 0. The number of hydrogen-bond acceptors (Lipinski definition) is 6. The molecule has 2 atom stereocenters. The summed E-state index contributed by atoms with van der Waals surface area (Å²) < 4.78 is 9.30. The molecule has 2 aliphatic rings. The third-order valence-corrected chi connectivity index (χ3v) is 3.00. The van der Waals surface area contributed by atoms with Crippen LogP contribution in [0.4, 0.5) is 0 Å². The van der Waals surface area contributed by atoms with Crippen molar-refractivity contribution in [1.29, 1.82) is 0 Å². The van der Waals surface area contributed by atoms with E-state index in [1.807, 2.05) is 0 Å². The minimum atomic E-state index is -0.730. The summed E-state index contributed by atoms with van der Waals surface area (Å²) in [5.74, 6) is -3.03. The van der Waals surface area contributed by atoms with E-state index in [0.29, 0.717) is 0 Å². The SMILES string of the molecule is COC(=O)C1=CN=CC2C(=O)NC=C(C(=O)OC)C12.